The average Bonchev–Trinajstić information content (AvgIpc) is 3.18. The number of alkyl halides is 3. The lowest BCUT2D eigenvalue weighted by Crippen LogP contribution is -2.50. The molecule has 106 valence electrons. The van der Waals surface area contributed by atoms with Crippen LogP contribution in [0.3, 0.4) is 0 Å². The highest BCUT2D eigenvalue weighted by molar-refractivity contribution is 5.16. The van der Waals surface area contributed by atoms with Crippen LogP contribution in [0.1, 0.15) is 18.4 Å². The summed E-state index contributed by atoms with van der Waals surface area (Å²) in [4.78, 5) is 0. The van der Waals surface area contributed by atoms with Crippen molar-refractivity contribution in [3.05, 3.63) is 35.9 Å². The van der Waals surface area contributed by atoms with E-state index in [-0.39, 0.29) is 12.5 Å². The van der Waals surface area contributed by atoms with Crippen molar-refractivity contribution in [3.63, 3.8) is 0 Å². The Balaban J connectivity index is 1.97. The molecule has 1 saturated carbocycles. The molecule has 1 aliphatic rings. The highest BCUT2D eigenvalue weighted by atomic mass is 19.4. The van der Waals surface area contributed by atoms with Gasteiger partial charge in [0, 0.05) is 6.04 Å². The van der Waals surface area contributed by atoms with Crippen LogP contribution >= 0.6 is 0 Å². The molecule has 0 spiro atoms. The summed E-state index contributed by atoms with van der Waals surface area (Å²) in [7, 11) is 0. The van der Waals surface area contributed by atoms with E-state index in [0.29, 0.717) is 19.3 Å². The van der Waals surface area contributed by atoms with Gasteiger partial charge in [0.15, 0.2) is 0 Å². The SMILES string of the molecule is OC[C@H](Cc1ccccc1)NC(C1CC1)C(F)(F)F. The molecular formula is C14H18F3NO. The second-order valence-electron chi connectivity index (χ2n) is 5.09. The van der Waals surface area contributed by atoms with Gasteiger partial charge >= 0.3 is 6.18 Å². The van der Waals surface area contributed by atoms with Crippen molar-refractivity contribution in [2.45, 2.75) is 37.5 Å². The fraction of sp³-hybridized carbons (Fsp3) is 0.571. The van der Waals surface area contributed by atoms with Gasteiger partial charge < -0.3 is 10.4 Å². The fourth-order valence-electron chi connectivity index (χ4n) is 2.26. The van der Waals surface area contributed by atoms with Crippen molar-refractivity contribution in [3.8, 4) is 0 Å². The van der Waals surface area contributed by atoms with E-state index >= 15 is 0 Å². The lowest BCUT2D eigenvalue weighted by molar-refractivity contribution is -0.163. The third-order valence-electron chi connectivity index (χ3n) is 3.41. The standard InChI is InChI=1S/C14H18F3NO/c15-14(16,17)13(11-6-7-11)18-12(9-19)8-10-4-2-1-3-5-10/h1-5,11-13,18-19H,6-9H2/t12-,13?/m0/s1. The smallest absolute Gasteiger partial charge is 0.395 e. The van der Waals surface area contributed by atoms with Gasteiger partial charge in [-0.15, -0.1) is 0 Å². The van der Waals surface area contributed by atoms with Gasteiger partial charge in [-0.1, -0.05) is 30.3 Å². The molecule has 0 heterocycles. The molecule has 0 amide bonds. The number of hydrogen-bond acceptors (Lipinski definition) is 2. The first-order valence-electron chi connectivity index (χ1n) is 6.48. The predicted octanol–water partition coefficient (Wildman–Crippen LogP) is 2.52. The van der Waals surface area contributed by atoms with E-state index in [4.69, 9.17) is 0 Å². The summed E-state index contributed by atoms with van der Waals surface area (Å²) < 4.78 is 38.7. The number of nitrogens with one attached hydrogen (secondary N) is 1. The first kappa shape index (κ1) is 14.3. The molecule has 1 unspecified atom stereocenters. The Morgan fingerprint density at radius 2 is 1.84 bits per heavy atom. The Labute approximate surface area is 110 Å². The van der Waals surface area contributed by atoms with Crippen LogP contribution in [0.25, 0.3) is 0 Å². The van der Waals surface area contributed by atoms with E-state index < -0.39 is 18.3 Å². The number of halogens is 3. The van der Waals surface area contributed by atoms with Gasteiger partial charge in [-0.25, -0.2) is 0 Å². The Bertz CT molecular complexity index is 389. The van der Waals surface area contributed by atoms with Crippen LogP contribution in [0.2, 0.25) is 0 Å². The Morgan fingerprint density at radius 3 is 2.32 bits per heavy atom. The second-order valence-corrected chi connectivity index (χ2v) is 5.09. The summed E-state index contributed by atoms with van der Waals surface area (Å²) in [6.45, 7) is -0.297. The van der Waals surface area contributed by atoms with Crippen molar-refractivity contribution in [1.82, 2.24) is 5.32 Å². The zero-order valence-corrected chi connectivity index (χ0v) is 10.5. The summed E-state index contributed by atoms with van der Waals surface area (Å²) in [5.41, 5.74) is 0.922. The molecule has 1 aliphatic carbocycles. The molecule has 1 aromatic rings. The summed E-state index contributed by atoms with van der Waals surface area (Å²) in [5.74, 6) is -0.329. The normalized spacial score (nSPS) is 19.2. The maximum atomic E-state index is 12.9. The Hall–Kier alpha value is -1.07. The van der Waals surface area contributed by atoms with Crippen molar-refractivity contribution in [2.24, 2.45) is 5.92 Å². The number of aliphatic hydroxyl groups is 1. The molecule has 2 N–H and O–H groups in total. The molecule has 0 saturated heterocycles. The van der Waals surface area contributed by atoms with Crippen LogP contribution in [-0.2, 0) is 6.42 Å². The van der Waals surface area contributed by atoms with Gasteiger partial charge in [-0.05, 0) is 30.7 Å². The zero-order valence-electron chi connectivity index (χ0n) is 10.5. The molecule has 19 heavy (non-hydrogen) atoms. The van der Waals surface area contributed by atoms with Crippen molar-refractivity contribution in [2.75, 3.05) is 6.61 Å². The lowest BCUT2D eigenvalue weighted by atomic mass is 10.0. The van der Waals surface area contributed by atoms with Gasteiger partial charge in [0.2, 0.25) is 0 Å². The summed E-state index contributed by atoms with van der Waals surface area (Å²) in [6, 6.07) is 7.18. The minimum absolute atomic E-state index is 0.297. The van der Waals surface area contributed by atoms with Gasteiger partial charge in [-0.3, -0.25) is 0 Å². The third kappa shape index (κ3) is 4.21. The van der Waals surface area contributed by atoms with Crippen molar-refractivity contribution < 1.29 is 18.3 Å². The van der Waals surface area contributed by atoms with Crippen molar-refractivity contribution >= 4 is 0 Å². The Kier molecular flexibility index (Phi) is 4.47. The van der Waals surface area contributed by atoms with Crippen LogP contribution < -0.4 is 5.32 Å². The van der Waals surface area contributed by atoms with Crippen LogP contribution in [0.5, 0.6) is 0 Å². The molecule has 0 aromatic heterocycles. The summed E-state index contributed by atoms with van der Waals surface area (Å²) in [5, 5.41) is 11.9. The molecule has 0 bridgehead atoms. The van der Waals surface area contributed by atoms with Crippen LogP contribution in [0, 0.1) is 5.92 Å². The molecule has 2 nitrogen and oxygen atoms in total. The largest absolute Gasteiger partial charge is 0.404 e. The first-order chi connectivity index (χ1) is 9.00. The van der Waals surface area contributed by atoms with Gasteiger partial charge in [0.05, 0.1) is 6.61 Å². The summed E-state index contributed by atoms with van der Waals surface area (Å²) in [6.07, 6.45) is -2.62. The fourth-order valence-corrected chi connectivity index (χ4v) is 2.26. The lowest BCUT2D eigenvalue weighted by Gasteiger charge is -2.26. The van der Waals surface area contributed by atoms with E-state index in [1.165, 1.54) is 0 Å². The minimum Gasteiger partial charge on any atom is -0.395 e. The van der Waals surface area contributed by atoms with Gasteiger partial charge in [0.25, 0.3) is 0 Å². The van der Waals surface area contributed by atoms with E-state index in [2.05, 4.69) is 5.32 Å². The molecule has 2 atom stereocenters. The Morgan fingerprint density at radius 1 is 1.21 bits per heavy atom. The van der Waals surface area contributed by atoms with Crippen LogP contribution in [-0.4, -0.2) is 30.0 Å². The molecule has 0 radical (unpaired) electrons. The molecular weight excluding hydrogens is 255 g/mol. The van der Waals surface area contributed by atoms with Crippen LogP contribution in [0.4, 0.5) is 13.2 Å². The molecule has 2 rings (SSSR count). The molecule has 5 heteroatoms. The number of benzene rings is 1. The van der Waals surface area contributed by atoms with E-state index in [9.17, 15) is 18.3 Å². The van der Waals surface area contributed by atoms with Gasteiger partial charge in [-0.2, -0.15) is 13.2 Å². The van der Waals surface area contributed by atoms with Crippen molar-refractivity contribution in [1.29, 1.82) is 0 Å². The average molecular weight is 273 g/mol. The number of rotatable bonds is 6. The molecule has 0 aliphatic heterocycles. The highest BCUT2D eigenvalue weighted by Gasteiger charge is 2.49. The van der Waals surface area contributed by atoms with Crippen LogP contribution in [0.15, 0.2) is 30.3 Å². The highest BCUT2D eigenvalue weighted by Crippen LogP contribution is 2.40. The summed E-state index contributed by atoms with van der Waals surface area (Å²) >= 11 is 0. The van der Waals surface area contributed by atoms with E-state index in [0.717, 1.165) is 5.56 Å². The quantitative estimate of drug-likeness (QED) is 0.834. The predicted molar refractivity (Wildman–Crippen MR) is 66.7 cm³/mol. The van der Waals surface area contributed by atoms with Gasteiger partial charge in [0.1, 0.15) is 6.04 Å². The second kappa shape index (κ2) is 5.92. The third-order valence-corrected chi connectivity index (χ3v) is 3.41. The molecule has 1 aromatic carbocycles. The topological polar surface area (TPSA) is 32.3 Å². The first-order valence-corrected chi connectivity index (χ1v) is 6.48. The van der Waals surface area contributed by atoms with E-state index in [1.807, 2.05) is 30.3 Å². The maximum absolute atomic E-state index is 12.9. The zero-order chi connectivity index (χ0) is 13.9. The maximum Gasteiger partial charge on any atom is 0.404 e. The minimum atomic E-state index is -4.24. The number of aliphatic hydroxyl groups excluding tert-OH is 1. The van der Waals surface area contributed by atoms with E-state index in [1.54, 1.807) is 0 Å². The number of hydrogen-bond donors (Lipinski definition) is 2. The molecule has 1 fully saturated rings. The monoisotopic (exact) mass is 273 g/mol.